The third kappa shape index (κ3) is 5.13. The average Bonchev–Trinajstić information content (AvgIpc) is 3.13. The van der Waals surface area contributed by atoms with Crippen LogP contribution in [0.4, 0.5) is 0 Å². The van der Waals surface area contributed by atoms with E-state index < -0.39 is 29.5 Å². The highest BCUT2D eigenvalue weighted by molar-refractivity contribution is 6.01. The summed E-state index contributed by atoms with van der Waals surface area (Å²) >= 11 is 0. The van der Waals surface area contributed by atoms with Crippen molar-refractivity contribution in [3.63, 3.8) is 0 Å². The van der Waals surface area contributed by atoms with E-state index in [1.807, 2.05) is 13.0 Å². The zero-order chi connectivity index (χ0) is 26.8. The number of esters is 1. The van der Waals surface area contributed by atoms with E-state index in [0.717, 1.165) is 37.7 Å². The second-order valence-corrected chi connectivity index (χ2v) is 12.6. The van der Waals surface area contributed by atoms with Crippen molar-refractivity contribution in [3.05, 3.63) is 23.8 Å². The molecule has 0 spiro atoms. The van der Waals surface area contributed by atoms with Gasteiger partial charge in [-0.1, -0.05) is 70.9 Å². The Kier molecular flexibility index (Phi) is 8.49. The van der Waals surface area contributed by atoms with Gasteiger partial charge in [0.25, 0.3) is 0 Å². The van der Waals surface area contributed by atoms with Crippen LogP contribution in [-0.2, 0) is 19.1 Å². The molecule has 7 atom stereocenters. The number of unbranched alkanes of at least 4 members (excludes halogenated alkanes) is 6. The van der Waals surface area contributed by atoms with Crippen molar-refractivity contribution >= 4 is 17.5 Å². The molecule has 2 N–H and O–H groups in total. The number of carbonyl (C=O) groups excluding carboxylic acids is 3. The molecule has 206 valence electrons. The molecule has 0 bridgehead atoms. The van der Waals surface area contributed by atoms with Gasteiger partial charge in [-0.25, -0.2) is 0 Å². The molecule has 0 radical (unpaired) electrons. The van der Waals surface area contributed by atoms with Crippen molar-refractivity contribution in [1.82, 2.24) is 0 Å². The number of ketones is 2. The molecule has 37 heavy (non-hydrogen) atoms. The Hall–Kier alpha value is -1.79. The molecule has 0 aromatic rings. The Morgan fingerprint density at radius 3 is 2.51 bits per heavy atom. The summed E-state index contributed by atoms with van der Waals surface area (Å²) in [6.07, 6.45) is 15.6. The van der Waals surface area contributed by atoms with Crippen LogP contribution in [-0.4, -0.2) is 46.1 Å². The van der Waals surface area contributed by atoms with Crippen LogP contribution in [0.15, 0.2) is 23.8 Å². The number of allylic oxidation sites excluding steroid dienone is 4. The highest BCUT2D eigenvalue weighted by atomic mass is 16.5. The SMILES string of the molecule is CCCCCCCCCC(=O)OCC(=O)[C@@]1(O)CC[C@H]2[C@@H]3CCC4=CC(=O)C=C[C@]4(C)[C@H]3[C@@H](O)C[C@@]21C. The predicted molar refractivity (Wildman–Crippen MR) is 142 cm³/mol. The number of hydrogen-bond donors (Lipinski definition) is 2. The van der Waals surface area contributed by atoms with E-state index in [-0.39, 0.29) is 34.9 Å². The summed E-state index contributed by atoms with van der Waals surface area (Å²) in [4.78, 5) is 37.6. The third-order valence-electron chi connectivity index (χ3n) is 10.5. The molecule has 0 heterocycles. The van der Waals surface area contributed by atoms with Gasteiger partial charge in [-0.05, 0) is 62.5 Å². The Morgan fingerprint density at radius 2 is 1.78 bits per heavy atom. The minimum atomic E-state index is -1.61. The van der Waals surface area contributed by atoms with E-state index in [1.165, 1.54) is 25.7 Å². The van der Waals surface area contributed by atoms with Crippen LogP contribution in [0.2, 0.25) is 0 Å². The number of ether oxygens (including phenoxy) is 1. The van der Waals surface area contributed by atoms with Gasteiger partial charge in [0.1, 0.15) is 5.60 Å². The normalized spacial score (nSPS) is 38.4. The first-order chi connectivity index (χ1) is 17.6. The van der Waals surface area contributed by atoms with Crippen molar-refractivity contribution in [3.8, 4) is 0 Å². The minimum Gasteiger partial charge on any atom is -0.458 e. The molecule has 4 rings (SSSR count). The molecule has 0 unspecified atom stereocenters. The van der Waals surface area contributed by atoms with Crippen molar-refractivity contribution in [1.29, 1.82) is 0 Å². The number of fused-ring (bicyclic) bond motifs is 5. The largest absolute Gasteiger partial charge is 0.458 e. The lowest BCUT2D eigenvalue weighted by Gasteiger charge is -2.59. The molecule has 3 fully saturated rings. The number of aliphatic hydroxyl groups is 2. The van der Waals surface area contributed by atoms with Gasteiger partial charge in [0, 0.05) is 23.2 Å². The van der Waals surface area contributed by atoms with Crippen molar-refractivity contribution in [2.75, 3.05) is 6.61 Å². The standard InChI is InChI=1S/C31H46O6/c1-4-5-6-7-8-9-10-11-27(35)37-20-26(34)31(36)17-15-24-23-13-12-21-18-22(32)14-16-29(21,2)28(23)25(33)19-30(24,31)3/h14,16,18,23-25,28,33,36H,4-13,15,17,19-20H2,1-3H3/t23-,24-,25-,28+,29-,30-,31-/m0/s1. The summed E-state index contributed by atoms with van der Waals surface area (Å²) in [5.41, 5.74) is -1.69. The molecular weight excluding hydrogens is 468 g/mol. The molecule has 6 nitrogen and oxygen atoms in total. The van der Waals surface area contributed by atoms with Gasteiger partial charge in [0.05, 0.1) is 6.10 Å². The molecule has 4 aliphatic carbocycles. The summed E-state index contributed by atoms with van der Waals surface area (Å²) in [7, 11) is 0. The summed E-state index contributed by atoms with van der Waals surface area (Å²) in [5, 5.41) is 23.2. The smallest absolute Gasteiger partial charge is 0.306 e. The van der Waals surface area contributed by atoms with Crippen LogP contribution in [0.3, 0.4) is 0 Å². The summed E-state index contributed by atoms with van der Waals surface area (Å²) in [6, 6.07) is 0. The minimum absolute atomic E-state index is 0.00317. The number of hydrogen-bond acceptors (Lipinski definition) is 6. The van der Waals surface area contributed by atoms with E-state index in [1.54, 1.807) is 12.2 Å². The van der Waals surface area contributed by atoms with Crippen LogP contribution in [0.1, 0.15) is 104 Å². The van der Waals surface area contributed by atoms with Gasteiger partial charge >= 0.3 is 5.97 Å². The molecule has 0 amide bonds. The molecule has 6 heteroatoms. The van der Waals surface area contributed by atoms with Crippen LogP contribution in [0.5, 0.6) is 0 Å². The Bertz CT molecular complexity index is 951. The quantitative estimate of drug-likeness (QED) is 0.289. The first-order valence-electron chi connectivity index (χ1n) is 14.6. The van der Waals surface area contributed by atoms with Crippen molar-refractivity contribution < 1.29 is 29.3 Å². The number of carbonyl (C=O) groups is 3. The van der Waals surface area contributed by atoms with Gasteiger partial charge in [0.2, 0.25) is 5.78 Å². The van der Waals surface area contributed by atoms with Gasteiger partial charge in [-0.2, -0.15) is 0 Å². The fourth-order valence-corrected chi connectivity index (χ4v) is 8.35. The fraction of sp³-hybridized carbons (Fsp3) is 0.774. The topological polar surface area (TPSA) is 101 Å². The summed E-state index contributed by atoms with van der Waals surface area (Å²) < 4.78 is 5.32. The summed E-state index contributed by atoms with van der Waals surface area (Å²) in [6.45, 7) is 5.83. The van der Waals surface area contributed by atoms with Crippen LogP contribution in [0, 0.1) is 28.6 Å². The second-order valence-electron chi connectivity index (χ2n) is 12.6. The second kappa shape index (κ2) is 11.1. The number of aliphatic hydroxyl groups excluding tert-OH is 1. The zero-order valence-electron chi connectivity index (χ0n) is 23.0. The van der Waals surface area contributed by atoms with Crippen molar-refractivity contribution in [2.45, 2.75) is 116 Å². The zero-order valence-corrected chi connectivity index (χ0v) is 23.0. The van der Waals surface area contributed by atoms with Crippen LogP contribution in [0.25, 0.3) is 0 Å². The van der Waals surface area contributed by atoms with Gasteiger partial charge in [-0.15, -0.1) is 0 Å². The fourth-order valence-electron chi connectivity index (χ4n) is 8.35. The predicted octanol–water partition coefficient (Wildman–Crippen LogP) is 5.25. The molecule has 3 saturated carbocycles. The van der Waals surface area contributed by atoms with Gasteiger partial charge < -0.3 is 14.9 Å². The average molecular weight is 515 g/mol. The van der Waals surface area contributed by atoms with E-state index in [9.17, 15) is 24.6 Å². The molecule has 0 aliphatic heterocycles. The maximum Gasteiger partial charge on any atom is 0.306 e. The molecule has 0 aromatic carbocycles. The Morgan fingerprint density at radius 1 is 1.08 bits per heavy atom. The lowest BCUT2D eigenvalue weighted by atomic mass is 9.46. The van der Waals surface area contributed by atoms with Crippen molar-refractivity contribution in [2.24, 2.45) is 28.6 Å². The number of Topliss-reactive ketones (excluding diaryl/α,β-unsaturated/α-hetero) is 1. The van der Waals surface area contributed by atoms with Gasteiger partial charge in [0.15, 0.2) is 12.4 Å². The maximum absolute atomic E-state index is 13.3. The maximum atomic E-state index is 13.3. The highest BCUT2D eigenvalue weighted by Crippen LogP contribution is 2.67. The highest BCUT2D eigenvalue weighted by Gasteiger charge is 2.68. The van der Waals surface area contributed by atoms with Crippen LogP contribution >= 0.6 is 0 Å². The van der Waals surface area contributed by atoms with E-state index in [2.05, 4.69) is 13.8 Å². The molecule has 4 aliphatic rings. The van der Waals surface area contributed by atoms with Gasteiger partial charge in [-0.3, -0.25) is 14.4 Å². The van der Waals surface area contributed by atoms with E-state index >= 15 is 0 Å². The van der Waals surface area contributed by atoms with E-state index in [0.29, 0.717) is 25.7 Å². The lowest BCUT2D eigenvalue weighted by molar-refractivity contribution is -0.181. The third-order valence-corrected chi connectivity index (χ3v) is 10.5. The monoisotopic (exact) mass is 514 g/mol. The Balaban J connectivity index is 1.36. The van der Waals surface area contributed by atoms with E-state index in [4.69, 9.17) is 4.74 Å². The summed E-state index contributed by atoms with van der Waals surface area (Å²) in [5.74, 6) is -0.636. The first-order valence-corrected chi connectivity index (χ1v) is 14.6. The molecule has 0 aromatic heterocycles. The Labute approximate surface area is 221 Å². The van der Waals surface area contributed by atoms with Crippen LogP contribution < -0.4 is 0 Å². The molecular formula is C31H46O6. The number of rotatable bonds is 11. The molecule has 0 saturated heterocycles. The first kappa shape index (κ1) is 28.2. The lowest BCUT2D eigenvalue weighted by Crippen LogP contribution is -2.61.